The number of phenols is 1. The normalized spacial score (nSPS) is 15.8. The molecule has 12 amide bonds. The van der Waals surface area contributed by atoms with Crippen LogP contribution in [-0.2, 0) is 81.6 Å². The summed E-state index contributed by atoms with van der Waals surface area (Å²) in [6, 6.07) is 7.01. The Morgan fingerprint density at radius 1 is 0.582 bits per heavy atom. The molecular weight excluding hydrogens is 1290 g/mol. The smallest absolute Gasteiger partial charge is 0.326 e. The minimum atomic E-state index is -1.58. The van der Waals surface area contributed by atoms with E-state index in [-0.39, 0.29) is 70.3 Å². The number of benzene rings is 3. The number of phenolic OH excluding ortho intramolecular Hbond substituents is 1. The van der Waals surface area contributed by atoms with E-state index >= 15 is 0 Å². The highest BCUT2D eigenvalue weighted by Gasteiger charge is 2.41. The minimum Gasteiger partial charge on any atom is -0.508 e. The van der Waals surface area contributed by atoms with Crippen LogP contribution in [0.25, 0.3) is 10.9 Å². The minimum absolute atomic E-state index is 0.00377. The highest BCUT2D eigenvalue weighted by Crippen LogP contribution is 2.23. The molecule has 1 aromatic heterocycles. The van der Waals surface area contributed by atoms with Crippen molar-refractivity contribution in [1.82, 2.24) is 63.1 Å². The number of likely N-dealkylation sites (tertiary alicyclic amines) is 1. The summed E-state index contributed by atoms with van der Waals surface area (Å²) in [5.74, 6) is -10.6. The van der Waals surface area contributed by atoms with Gasteiger partial charge in [0.15, 0.2) is 0 Å². The molecule has 0 radical (unpaired) electrons. The number of carboxylic acid groups (broad SMARTS) is 1. The van der Waals surface area contributed by atoms with Crippen LogP contribution < -0.4 is 70.4 Å². The lowest BCUT2D eigenvalue weighted by atomic mass is 9.99. The first kappa shape index (κ1) is 79.1. The van der Waals surface area contributed by atoms with Crippen LogP contribution in [-0.4, -0.2) is 196 Å². The first-order chi connectivity index (χ1) is 46.8. The van der Waals surface area contributed by atoms with Gasteiger partial charge in [-0.25, -0.2) is 4.79 Å². The quantitative estimate of drug-likeness (QED) is 0.0188. The summed E-state index contributed by atoms with van der Waals surface area (Å²) in [6.45, 7) is 6.47. The van der Waals surface area contributed by atoms with Crippen molar-refractivity contribution in [2.24, 2.45) is 23.1 Å². The van der Waals surface area contributed by atoms with Crippen LogP contribution in [0.1, 0.15) is 109 Å². The van der Waals surface area contributed by atoms with Gasteiger partial charge in [0.1, 0.15) is 72.2 Å². The Morgan fingerprint density at radius 2 is 1.09 bits per heavy atom. The number of primary amides is 1. The molecule has 1 fully saturated rings. The van der Waals surface area contributed by atoms with E-state index in [0.717, 1.165) is 15.8 Å². The number of carbonyl (C=O) groups is 13. The van der Waals surface area contributed by atoms with Gasteiger partial charge in [-0.05, 0) is 138 Å². The largest absolute Gasteiger partial charge is 0.508 e. The third-order valence-corrected chi connectivity index (χ3v) is 17.2. The van der Waals surface area contributed by atoms with E-state index < -0.39 is 150 Å². The number of rotatable bonds is 42. The average molecular weight is 1380 g/mol. The molecule has 1 aliphatic rings. The number of nitrogens with one attached hydrogen (secondary N) is 11. The van der Waals surface area contributed by atoms with Crippen molar-refractivity contribution < 1.29 is 72.5 Å². The van der Waals surface area contributed by atoms with Crippen LogP contribution in [0, 0.1) is 5.92 Å². The molecule has 0 saturated carbocycles. The molecule has 11 atom stereocenters. The lowest BCUT2D eigenvalue weighted by molar-refractivity contribution is -0.143. The predicted molar refractivity (Wildman–Crippen MR) is 366 cm³/mol. The summed E-state index contributed by atoms with van der Waals surface area (Å²) in [5, 5.41) is 46.9. The highest BCUT2D eigenvalue weighted by molar-refractivity contribution is 7.98. The molecule has 98 heavy (non-hydrogen) atoms. The van der Waals surface area contributed by atoms with Gasteiger partial charge in [-0.15, -0.1) is 0 Å². The number of hydrogen-bond acceptors (Lipinski definition) is 17. The van der Waals surface area contributed by atoms with Crippen molar-refractivity contribution >= 4 is 100 Å². The Hall–Kier alpha value is -9.62. The first-order valence-electron chi connectivity index (χ1n) is 32.8. The molecule has 2 heterocycles. The Bertz CT molecular complexity index is 3380. The van der Waals surface area contributed by atoms with Gasteiger partial charge in [-0.2, -0.15) is 11.8 Å². The summed E-state index contributed by atoms with van der Waals surface area (Å²) >= 11 is 1.44. The molecule has 30 nitrogen and oxygen atoms in total. The number of hydrogen-bond donors (Lipinski definition) is 16. The van der Waals surface area contributed by atoms with Gasteiger partial charge >= 0.3 is 5.97 Å². The molecule has 4 aromatic rings. The maximum atomic E-state index is 14.6. The molecular formula is C67H95N15O15S. The number of aromatic amines is 1. The maximum absolute atomic E-state index is 14.6. The van der Waals surface area contributed by atoms with Crippen molar-refractivity contribution in [3.05, 3.63) is 102 Å². The second kappa shape index (κ2) is 40.2. The molecule has 1 saturated heterocycles. The number of aromatic hydroxyl groups is 1. The monoisotopic (exact) mass is 1380 g/mol. The van der Waals surface area contributed by atoms with Crippen molar-refractivity contribution in [3.8, 4) is 5.75 Å². The lowest BCUT2D eigenvalue weighted by Crippen LogP contribution is -2.61. The topological polar surface area (TPSA) is 480 Å². The number of aliphatic carboxylic acids is 1. The van der Waals surface area contributed by atoms with Crippen LogP contribution in [0.3, 0.4) is 0 Å². The number of H-pyrrole nitrogens is 1. The van der Waals surface area contributed by atoms with Crippen LogP contribution in [0.4, 0.5) is 0 Å². The van der Waals surface area contributed by atoms with E-state index in [1.807, 2.05) is 18.4 Å². The number of aromatic nitrogens is 1. The number of nitrogens with two attached hydrogens (primary N) is 3. The zero-order valence-corrected chi connectivity index (χ0v) is 56.7. The van der Waals surface area contributed by atoms with E-state index in [9.17, 15) is 72.5 Å². The number of fused-ring (bicyclic) bond motifs is 1. The Kier molecular flexibility index (Phi) is 32.4. The van der Waals surface area contributed by atoms with Gasteiger partial charge in [0, 0.05) is 42.9 Å². The zero-order valence-electron chi connectivity index (χ0n) is 55.9. The van der Waals surface area contributed by atoms with Gasteiger partial charge in [0.2, 0.25) is 71.4 Å². The molecule has 19 N–H and O–H groups in total. The third-order valence-electron chi connectivity index (χ3n) is 16.6. The number of para-hydroxylation sites is 1. The van der Waals surface area contributed by atoms with E-state index in [2.05, 4.69) is 58.2 Å². The van der Waals surface area contributed by atoms with Crippen molar-refractivity contribution in [2.75, 3.05) is 31.6 Å². The number of nitrogens with zero attached hydrogens (tertiary/aromatic N) is 1. The average Bonchev–Trinajstić information content (AvgIpc) is 1.71. The SMILES string of the molecule is CSCC[C@H](NC=O)C(=O)N[C@@H](C)C(=O)N[C@@H](CC(N)=O)C(=O)N1CCC[C@H]1C(=O)N[C@@H](Cc1ccccc1)C(=O)N[C@H](C(=O)N[C@@H](CCCCN)C(=O)N[C@@H](C)C(=O)N[C@@H](Cc1c[nH]c2ccccc12)C(=O)N[C@@H](CCCCN)C(=O)N[C@@H](Cc1ccc(O)cc1)C(=O)O)C(C)C. The van der Waals surface area contributed by atoms with Crippen LogP contribution in [0.5, 0.6) is 5.75 Å². The second-order valence-corrected chi connectivity index (χ2v) is 25.6. The summed E-state index contributed by atoms with van der Waals surface area (Å²) in [7, 11) is 0. The molecule has 0 aliphatic carbocycles. The van der Waals surface area contributed by atoms with E-state index in [1.54, 1.807) is 62.5 Å². The fourth-order valence-corrected chi connectivity index (χ4v) is 11.6. The van der Waals surface area contributed by atoms with Crippen LogP contribution in [0.2, 0.25) is 0 Å². The first-order valence-corrected chi connectivity index (χ1v) is 34.2. The number of thioether (sulfide) groups is 1. The highest BCUT2D eigenvalue weighted by atomic mass is 32.2. The Labute approximate surface area is 573 Å². The molecule has 534 valence electrons. The maximum Gasteiger partial charge on any atom is 0.326 e. The summed E-state index contributed by atoms with van der Waals surface area (Å²) in [4.78, 5) is 182. The molecule has 0 bridgehead atoms. The standard InChI is InChI=1S/C67H95N15O15S/c1-38(2)56(81-63(92)50(32-41-16-7-6-8-17-41)78-64(93)54-22-15-30-82(54)66(95)52(35-55(70)85)79-58(87)40(4)73-59(88)47(72-37-83)27-31-98-5)65(94)76-48(20-11-13-28-68)60(89)74-39(3)57(86)77-51(34-43-36-71-46-19-10-9-18-45(43)46)62(91)75-49(21-12-14-29-69)61(90)80-53(67(96)97)33-42-23-25-44(84)26-24-42/h6-10,16-19,23-26,36-40,47-54,56,71,84H,11-15,20-22,27-35,68-69H2,1-5H3,(H2,70,85)(H,72,83)(H,73,88)(H,74,89)(H,75,91)(H,76,94)(H,77,86)(H,78,93)(H,79,87)(H,80,90)(H,81,92)(H,96,97)/t39-,40-,47-,48-,49-,50-,51-,52-,53-,54-,56-/m0/s1. The Morgan fingerprint density at radius 3 is 1.67 bits per heavy atom. The molecule has 31 heteroatoms. The summed E-state index contributed by atoms with van der Waals surface area (Å²) in [5.41, 5.74) is 19.6. The van der Waals surface area contributed by atoms with Gasteiger partial charge in [-0.1, -0.05) is 74.5 Å². The van der Waals surface area contributed by atoms with Gasteiger partial charge < -0.3 is 90.5 Å². The predicted octanol–water partition coefficient (Wildman–Crippen LogP) is -0.963. The van der Waals surface area contributed by atoms with Crippen LogP contribution in [0.15, 0.2) is 85.1 Å². The second-order valence-electron chi connectivity index (χ2n) is 24.6. The van der Waals surface area contributed by atoms with E-state index in [0.29, 0.717) is 61.0 Å². The molecule has 1 aliphatic heterocycles. The number of carbonyl (C=O) groups excluding carboxylic acids is 12. The fourth-order valence-electron chi connectivity index (χ4n) is 11.1. The van der Waals surface area contributed by atoms with Crippen molar-refractivity contribution in [3.63, 3.8) is 0 Å². The van der Waals surface area contributed by atoms with Gasteiger partial charge in [0.05, 0.1) is 6.42 Å². The number of unbranched alkanes of at least 4 members (excludes halogenated alkanes) is 2. The van der Waals surface area contributed by atoms with Crippen molar-refractivity contribution in [2.45, 2.75) is 178 Å². The zero-order chi connectivity index (χ0) is 72.0. The number of amides is 12. The molecule has 0 spiro atoms. The lowest BCUT2D eigenvalue weighted by Gasteiger charge is -2.31. The van der Waals surface area contributed by atoms with Crippen LogP contribution >= 0.6 is 11.8 Å². The van der Waals surface area contributed by atoms with Crippen molar-refractivity contribution in [1.29, 1.82) is 0 Å². The van der Waals surface area contributed by atoms with E-state index in [1.165, 1.54) is 49.9 Å². The summed E-state index contributed by atoms with van der Waals surface area (Å²) < 4.78 is 0. The fraction of sp³-hybridized carbons (Fsp3) is 0.507. The third kappa shape index (κ3) is 24.8. The van der Waals surface area contributed by atoms with Gasteiger partial charge in [0.25, 0.3) is 0 Å². The number of carboxylic acids is 1. The molecule has 5 rings (SSSR count). The molecule has 3 aromatic carbocycles. The Balaban J connectivity index is 1.33. The van der Waals surface area contributed by atoms with Gasteiger partial charge in [-0.3, -0.25) is 57.5 Å². The summed E-state index contributed by atoms with van der Waals surface area (Å²) in [6.07, 6.45) is 5.05. The van der Waals surface area contributed by atoms with E-state index in [4.69, 9.17) is 17.2 Å². The molecule has 0 unspecified atom stereocenters.